The molecule has 0 unspecified atom stereocenters. The molecule has 160 valence electrons. The Bertz CT molecular complexity index is 1160. The second-order valence-electron chi connectivity index (χ2n) is 6.63. The van der Waals surface area contributed by atoms with Crippen LogP contribution >= 0.6 is 34.5 Å². The molecule has 0 aliphatic carbocycles. The summed E-state index contributed by atoms with van der Waals surface area (Å²) in [5.41, 5.74) is 2.80. The fourth-order valence-electron chi connectivity index (χ4n) is 2.84. The van der Waals surface area contributed by atoms with Gasteiger partial charge >= 0.3 is 0 Å². The van der Waals surface area contributed by atoms with Gasteiger partial charge in [-0.3, -0.25) is 14.2 Å². The number of anilines is 1. The van der Waals surface area contributed by atoms with E-state index in [9.17, 15) is 13.2 Å². The molecule has 2 N–H and O–H groups in total. The first kappa shape index (κ1) is 22.6. The van der Waals surface area contributed by atoms with E-state index in [1.54, 1.807) is 12.1 Å². The van der Waals surface area contributed by atoms with E-state index in [4.69, 9.17) is 23.2 Å². The predicted octanol–water partition coefficient (Wildman–Crippen LogP) is 4.49. The summed E-state index contributed by atoms with van der Waals surface area (Å²) >= 11 is 12.7. The van der Waals surface area contributed by atoms with Crippen LogP contribution in [0.2, 0.25) is 8.67 Å². The maximum Gasteiger partial charge on any atom is 0.264 e. The first-order valence-electron chi connectivity index (χ1n) is 9.02. The van der Waals surface area contributed by atoms with Crippen molar-refractivity contribution in [3.8, 4) is 0 Å². The van der Waals surface area contributed by atoms with Gasteiger partial charge in [-0.25, -0.2) is 8.42 Å². The first-order chi connectivity index (χ1) is 14.2. The number of carbonyl (C=O) groups excluding carboxylic acids is 1. The number of carbonyl (C=O) groups is 1. The van der Waals surface area contributed by atoms with Crippen molar-refractivity contribution in [3.63, 3.8) is 0 Å². The summed E-state index contributed by atoms with van der Waals surface area (Å²) in [6.45, 7) is 5.16. The summed E-state index contributed by atoms with van der Waals surface area (Å²) in [6, 6.07) is 9.45. The molecular weight excluding hydrogens is 467 g/mol. The summed E-state index contributed by atoms with van der Waals surface area (Å²) in [5.74, 6) is -0.231. The van der Waals surface area contributed by atoms with Gasteiger partial charge in [-0.2, -0.15) is 5.10 Å². The molecule has 0 fully saturated rings. The lowest BCUT2D eigenvalue weighted by molar-refractivity contribution is 0.0952. The van der Waals surface area contributed by atoms with Gasteiger partial charge in [-0.1, -0.05) is 23.2 Å². The van der Waals surface area contributed by atoms with Crippen LogP contribution in [0.3, 0.4) is 0 Å². The van der Waals surface area contributed by atoms with E-state index in [-0.39, 0.29) is 19.5 Å². The van der Waals surface area contributed by atoms with E-state index < -0.39 is 10.0 Å². The van der Waals surface area contributed by atoms with Crippen molar-refractivity contribution in [2.75, 3.05) is 11.3 Å². The van der Waals surface area contributed by atoms with Crippen molar-refractivity contribution in [1.29, 1.82) is 0 Å². The number of benzene rings is 1. The topological polar surface area (TPSA) is 93.1 Å². The Morgan fingerprint density at radius 2 is 1.87 bits per heavy atom. The molecule has 0 saturated carbocycles. The van der Waals surface area contributed by atoms with Crippen molar-refractivity contribution >= 4 is 56.2 Å². The second kappa shape index (κ2) is 9.38. The number of aryl methyl sites for hydroxylation is 3. The van der Waals surface area contributed by atoms with Gasteiger partial charge in [0.15, 0.2) is 0 Å². The van der Waals surface area contributed by atoms with Crippen LogP contribution in [0.1, 0.15) is 28.2 Å². The summed E-state index contributed by atoms with van der Waals surface area (Å²) in [5, 5.41) is 7.24. The molecule has 0 saturated heterocycles. The number of hydrogen-bond acceptors (Lipinski definition) is 5. The molecule has 3 aromatic rings. The Morgan fingerprint density at radius 3 is 2.43 bits per heavy atom. The minimum absolute atomic E-state index is 0.0800. The molecule has 0 radical (unpaired) electrons. The third-order valence-electron chi connectivity index (χ3n) is 4.25. The minimum Gasteiger partial charge on any atom is -0.352 e. The van der Waals surface area contributed by atoms with Crippen LogP contribution < -0.4 is 10.0 Å². The van der Waals surface area contributed by atoms with E-state index in [0.717, 1.165) is 35.7 Å². The lowest BCUT2D eigenvalue weighted by Crippen LogP contribution is -2.25. The molecule has 0 spiro atoms. The molecule has 0 atom stereocenters. The third kappa shape index (κ3) is 5.54. The van der Waals surface area contributed by atoms with E-state index >= 15 is 0 Å². The number of thiophene rings is 1. The van der Waals surface area contributed by atoms with Crippen LogP contribution in [0.25, 0.3) is 0 Å². The van der Waals surface area contributed by atoms with Gasteiger partial charge in [0.2, 0.25) is 0 Å². The monoisotopic (exact) mass is 486 g/mol. The number of nitrogens with zero attached hydrogens (tertiary/aromatic N) is 2. The summed E-state index contributed by atoms with van der Waals surface area (Å²) in [7, 11) is -3.87. The van der Waals surface area contributed by atoms with E-state index in [2.05, 4.69) is 15.1 Å². The van der Waals surface area contributed by atoms with Crippen LogP contribution in [-0.2, 0) is 16.6 Å². The van der Waals surface area contributed by atoms with Gasteiger partial charge < -0.3 is 5.32 Å². The fraction of sp³-hybridized carbons (Fsp3) is 0.263. The molecule has 0 aliphatic heterocycles. The summed E-state index contributed by atoms with van der Waals surface area (Å²) < 4.78 is 29.6. The standard InChI is InChI=1S/C19H20Cl2N4O3S2/c1-12-10-13(2)25(23-12)9-3-8-22-19(26)14-4-6-15(7-5-14)24-30(27,28)16-11-17(20)29-18(16)21/h4-7,10-11,24H,3,8-9H2,1-2H3,(H,22,26). The van der Waals surface area contributed by atoms with Crippen molar-refractivity contribution in [2.45, 2.75) is 31.7 Å². The zero-order valence-corrected chi connectivity index (χ0v) is 19.4. The van der Waals surface area contributed by atoms with Gasteiger partial charge in [-0.05, 0) is 56.7 Å². The smallest absolute Gasteiger partial charge is 0.264 e. The minimum atomic E-state index is -3.87. The normalized spacial score (nSPS) is 11.5. The molecule has 0 aliphatic rings. The lowest BCUT2D eigenvalue weighted by Gasteiger charge is -2.09. The Morgan fingerprint density at radius 1 is 1.17 bits per heavy atom. The average molecular weight is 487 g/mol. The molecule has 3 rings (SSSR count). The number of amides is 1. The van der Waals surface area contributed by atoms with Crippen molar-refractivity contribution in [3.05, 3.63) is 62.0 Å². The van der Waals surface area contributed by atoms with Crippen molar-refractivity contribution < 1.29 is 13.2 Å². The van der Waals surface area contributed by atoms with E-state index in [0.29, 0.717) is 17.8 Å². The highest BCUT2D eigenvalue weighted by Gasteiger charge is 2.21. The maximum atomic E-state index is 12.4. The zero-order valence-electron chi connectivity index (χ0n) is 16.3. The number of rotatable bonds is 8. The highest BCUT2D eigenvalue weighted by Crippen LogP contribution is 2.35. The Balaban J connectivity index is 1.54. The Hall–Kier alpha value is -2.07. The largest absolute Gasteiger partial charge is 0.352 e. The van der Waals surface area contributed by atoms with Crippen LogP contribution in [0, 0.1) is 13.8 Å². The molecule has 1 aromatic carbocycles. The molecular formula is C19H20Cl2N4O3S2. The van der Waals surface area contributed by atoms with Gasteiger partial charge in [-0.15, -0.1) is 11.3 Å². The van der Waals surface area contributed by atoms with E-state index in [1.165, 1.54) is 18.2 Å². The zero-order chi connectivity index (χ0) is 21.9. The highest BCUT2D eigenvalue weighted by atomic mass is 35.5. The number of hydrogen-bond donors (Lipinski definition) is 2. The van der Waals surface area contributed by atoms with Crippen LogP contribution in [0.5, 0.6) is 0 Å². The number of aromatic nitrogens is 2. The molecule has 2 heterocycles. The SMILES string of the molecule is Cc1cc(C)n(CCCNC(=O)c2ccc(NS(=O)(=O)c3cc(Cl)sc3Cl)cc2)n1. The molecule has 1 amide bonds. The predicted molar refractivity (Wildman–Crippen MR) is 120 cm³/mol. The average Bonchev–Trinajstić information content (AvgIpc) is 3.19. The van der Waals surface area contributed by atoms with Crippen LogP contribution in [0.15, 0.2) is 41.3 Å². The summed E-state index contributed by atoms with van der Waals surface area (Å²) in [6.07, 6.45) is 0.746. The first-order valence-corrected chi connectivity index (χ1v) is 12.1. The molecule has 30 heavy (non-hydrogen) atoms. The second-order valence-corrected chi connectivity index (χ2v) is 10.6. The van der Waals surface area contributed by atoms with Gasteiger partial charge in [0.1, 0.15) is 9.23 Å². The van der Waals surface area contributed by atoms with Gasteiger partial charge in [0.05, 0.1) is 10.0 Å². The number of halogens is 2. The Kier molecular flexibility index (Phi) is 7.07. The number of sulfonamides is 1. The van der Waals surface area contributed by atoms with Crippen molar-refractivity contribution in [1.82, 2.24) is 15.1 Å². The lowest BCUT2D eigenvalue weighted by atomic mass is 10.2. The van der Waals surface area contributed by atoms with Gasteiger partial charge in [0.25, 0.3) is 15.9 Å². The molecule has 7 nitrogen and oxygen atoms in total. The van der Waals surface area contributed by atoms with E-state index in [1.807, 2.05) is 24.6 Å². The molecule has 11 heteroatoms. The fourth-order valence-corrected chi connectivity index (χ4v) is 6.05. The van der Waals surface area contributed by atoms with Crippen molar-refractivity contribution in [2.24, 2.45) is 0 Å². The third-order valence-corrected chi connectivity index (χ3v) is 7.38. The Labute approximate surface area is 189 Å². The van der Waals surface area contributed by atoms with Crippen LogP contribution in [-0.4, -0.2) is 30.7 Å². The molecule has 2 aromatic heterocycles. The summed E-state index contributed by atoms with van der Waals surface area (Å²) in [4.78, 5) is 12.2. The van der Waals surface area contributed by atoms with Crippen LogP contribution in [0.4, 0.5) is 5.69 Å². The highest BCUT2D eigenvalue weighted by molar-refractivity contribution is 7.93. The quantitative estimate of drug-likeness (QED) is 0.458. The van der Waals surface area contributed by atoms with Gasteiger partial charge in [0, 0.05) is 30.0 Å². The maximum absolute atomic E-state index is 12.4. The molecule has 0 bridgehead atoms. The number of nitrogens with one attached hydrogen (secondary N) is 2.